The lowest BCUT2D eigenvalue weighted by Crippen LogP contribution is -2.38. The molecule has 1 N–H and O–H groups in total. The van der Waals surface area contributed by atoms with Crippen LogP contribution in [0.3, 0.4) is 0 Å². The molecule has 6 heteroatoms. The quantitative estimate of drug-likeness (QED) is 0.855. The fraction of sp³-hybridized carbons (Fsp3) is 0.263. The molecule has 0 saturated heterocycles. The van der Waals surface area contributed by atoms with Gasteiger partial charge in [0, 0.05) is 25.7 Å². The second-order valence-electron chi connectivity index (χ2n) is 5.78. The molecule has 2 rings (SSSR count). The summed E-state index contributed by atoms with van der Waals surface area (Å²) in [6, 6.07) is 11.8. The van der Waals surface area contributed by atoms with Gasteiger partial charge in [-0.05, 0) is 30.7 Å². The van der Waals surface area contributed by atoms with Crippen LogP contribution in [0.1, 0.15) is 18.1 Å². The fourth-order valence-corrected chi connectivity index (χ4v) is 2.67. The monoisotopic (exact) mass is 362 g/mol. The van der Waals surface area contributed by atoms with Gasteiger partial charge in [0.05, 0.1) is 11.4 Å². The fourth-order valence-electron chi connectivity index (χ4n) is 2.50. The van der Waals surface area contributed by atoms with Crippen molar-refractivity contribution in [3.05, 3.63) is 64.4 Å². The van der Waals surface area contributed by atoms with E-state index < -0.39 is 5.82 Å². The van der Waals surface area contributed by atoms with Crippen molar-refractivity contribution >= 4 is 29.1 Å². The third kappa shape index (κ3) is 5.57. The van der Waals surface area contributed by atoms with Crippen LogP contribution in [0.5, 0.6) is 0 Å². The van der Waals surface area contributed by atoms with E-state index in [0.717, 1.165) is 11.1 Å². The Morgan fingerprint density at radius 1 is 1.20 bits per heavy atom. The Labute approximate surface area is 151 Å². The van der Waals surface area contributed by atoms with Crippen LogP contribution in [0, 0.1) is 12.7 Å². The summed E-state index contributed by atoms with van der Waals surface area (Å²) < 4.78 is 13.3. The van der Waals surface area contributed by atoms with Crippen LogP contribution >= 0.6 is 11.6 Å². The summed E-state index contributed by atoms with van der Waals surface area (Å²) in [6.45, 7) is 3.95. The van der Waals surface area contributed by atoms with E-state index in [1.807, 2.05) is 31.2 Å². The summed E-state index contributed by atoms with van der Waals surface area (Å²) >= 11 is 5.77. The van der Waals surface area contributed by atoms with Crippen LogP contribution in [0.15, 0.2) is 42.5 Å². The van der Waals surface area contributed by atoms with E-state index in [1.54, 1.807) is 0 Å². The van der Waals surface area contributed by atoms with Crippen LogP contribution in [0.2, 0.25) is 5.02 Å². The molecule has 0 fully saturated rings. The van der Waals surface area contributed by atoms with Crippen molar-refractivity contribution in [1.29, 1.82) is 0 Å². The van der Waals surface area contributed by atoms with Gasteiger partial charge < -0.3 is 10.2 Å². The first-order valence-electron chi connectivity index (χ1n) is 7.92. The van der Waals surface area contributed by atoms with E-state index in [2.05, 4.69) is 5.32 Å². The number of nitrogens with one attached hydrogen (secondary N) is 1. The number of carbonyl (C=O) groups excluding carboxylic acids is 2. The molecule has 0 aliphatic heterocycles. The smallest absolute Gasteiger partial charge is 0.224 e. The Hall–Kier alpha value is -2.40. The normalized spacial score (nSPS) is 10.4. The molecule has 0 spiro atoms. The van der Waals surface area contributed by atoms with Gasteiger partial charge in [-0.25, -0.2) is 4.39 Å². The van der Waals surface area contributed by atoms with Crippen LogP contribution in [0.25, 0.3) is 0 Å². The number of hydrogen-bond donors (Lipinski definition) is 1. The van der Waals surface area contributed by atoms with E-state index in [0.29, 0.717) is 12.2 Å². The molecule has 0 radical (unpaired) electrons. The van der Waals surface area contributed by atoms with Crippen LogP contribution in [0.4, 0.5) is 10.1 Å². The molecule has 25 heavy (non-hydrogen) atoms. The molecule has 0 heterocycles. The molecular weight excluding hydrogens is 343 g/mol. The van der Waals surface area contributed by atoms with Crippen molar-refractivity contribution < 1.29 is 14.0 Å². The summed E-state index contributed by atoms with van der Waals surface area (Å²) in [7, 11) is 0. The highest BCUT2D eigenvalue weighted by atomic mass is 35.5. The van der Waals surface area contributed by atoms with Crippen molar-refractivity contribution in [2.45, 2.75) is 20.3 Å². The molecular formula is C19H20ClFN2O2. The molecule has 0 unspecified atom stereocenters. The number of anilines is 1. The molecule has 0 saturated carbocycles. The van der Waals surface area contributed by atoms with Gasteiger partial charge >= 0.3 is 0 Å². The van der Waals surface area contributed by atoms with Gasteiger partial charge in [-0.15, -0.1) is 0 Å². The summed E-state index contributed by atoms with van der Waals surface area (Å²) in [4.78, 5) is 25.3. The Morgan fingerprint density at radius 3 is 2.60 bits per heavy atom. The van der Waals surface area contributed by atoms with Crippen LogP contribution in [-0.4, -0.2) is 24.9 Å². The lowest BCUT2D eigenvalue weighted by molar-refractivity contribution is -0.121. The molecule has 2 aromatic rings. The van der Waals surface area contributed by atoms with Gasteiger partial charge in [-0.1, -0.05) is 41.4 Å². The van der Waals surface area contributed by atoms with Crippen molar-refractivity contribution in [2.24, 2.45) is 0 Å². The Kier molecular flexibility index (Phi) is 6.53. The highest BCUT2D eigenvalue weighted by Crippen LogP contribution is 2.22. The number of rotatable bonds is 6. The number of hydrogen-bond acceptors (Lipinski definition) is 2. The molecule has 132 valence electrons. The topological polar surface area (TPSA) is 49.4 Å². The first kappa shape index (κ1) is 18.9. The van der Waals surface area contributed by atoms with Crippen LogP contribution in [-0.2, 0) is 16.0 Å². The predicted octanol–water partition coefficient (Wildman–Crippen LogP) is 3.50. The van der Waals surface area contributed by atoms with Gasteiger partial charge in [0.15, 0.2) is 0 Å². The Balaban J connectivity index is 1.92. The average Bonchev–Trinajstić information content (AvgIpc) is 2.54. The zero-order valence-corrected chi connectivity index (χ0v) is 14.9. The van der Waals surface area contributed by atoms with E-state index in [9.17, 15) is 14.0 Å². The summed E-state index contributed by atoms with van der Waals surface area (Å²) in [5.41, 5.74) is 2.53. The number of aryl methyl sites for hydroxylation is 1. The van der Waals surface area contributed by atoms with E-state index in [-0.39, 0.29) is 29.8 Å². The number of amides is 2. The first-order valence-corrected chi connectivity index (χ1v) is 8.30. The predicted molar refractivity (Wildman–Crippen MR) is 97.3 cm³/mol. The lowest BCUT2D eigenvalue weighted by atomic mass is 10.1. The molecule has 0 aliphatic carbocycles. The largest absolute Gasteiger partial charge is 0.354 e. The van der Waals surface area contributed by atoms with Gasteiger partial charge in [0.25, 0.3) is 0 Å². The molecule has 2 amide bonds. The molecule has 0 aromatic heterocycles. The van der Waals surface area contributed by atoms with Gasteiger partial charge in [-0.2, -0.15) is 0 Å². The van der Waals surface area contributed by atoms with Gasteiger partial charge in [-0.3, -0.25) is 9.59 Å². The van der Waals surface area contributed by atoms with Gasteiger partial charge in [0.1, 0.15) is 5.82 Å². The molecule has 2 aromatic carbocycles. The SMILES string of the molecule is CC(=O)N(CCNC(=O)Cc1cccc(C)c1)c1ccc(F)c(Cl)c1. The zero-order chi connectivity index (χ0) is 18.4. The summed E-state index contributed by atoms with van der Waals surface area (Å²) in [5.74, 6) is -0.873. The highest BCUT2D eigenvalue weighted by molar-refractivity contribution is 6.31. The van der Waals surface area contributed by atoms with E-state index >= 15 is 0 Å². The molecule has 0 aliphatic rings. The second kappa shape index (κ2) is 8.62. The van der Waals surface area contributed by atoms with Crippen LogP contribution < -0.4 is 10.2 Å². The van der Waals surface area contributed by atoms with Gasteiger partial charge in [0.2, 0.25) is 11.8 Å². The molecule has 4 nitrogen and oxygen atoms in total. The minimum atomic E-state index is -0.541. The number of halogens is 2. The lowest BCUT2D eigenvalue weighted by Gasteiger charge is -2.21. The minimum Gasteiger partial charge on any atom is -0.354 e. The molecule has 0 bridgehead atoms. The second-order valence-corrected chi connectivity index (χ2v) is 6.19. The third-order valence-corrected chi connectivity index (χ3v) is 3.99. The maximum absolute atomic E-state index is 13.3. The van der Waals surface area contributed by atoms with E-state index in [1.165, 1.54) is 30.0 Å². The number of benzene rings is 2. The van der Waals surface area contributed by atoms with Crippen molar-refractivity contribution in [3.63, 3.8) is 0 Å². The van der Waals surface area contributed by atoms with Crippen molar-refractivity contribution in [1.82, 2.24) is 5.32 Å². The maximum atomic E-state index is 13.3. The van der Waals surface area contributed by atoms with E-state index in [4.69, 9.17) is 11.6 Å². The third-order valence-electron chi connectivity index (χ3n) is 3.70. The number of nitrogens with zero attached hydrogens (tertiary/aromatic N) is 1. The first-order chi connectivity index (χ1) is 11.9. The summed E-state index contributed by atoms with van der Waals surface area (Å²) in [5, 5.41) is 2.74. The molecule has 0 atom stereocenters. The van der Waals surface area contributed by atoms with Crippen molar-refractivity contribution in [2.75, 3.05) is 18.0 Å². The Morgan fingerprint density at radius 2 is 1.96 bits per heavy atom. The minimum absolute atomic E-state index is 0.0489. The summed E-state index contributed by atoms with van der Waals surface area (Å²) in [6.07, 6.45) is 0.282. The maximum Gasteiger partial charge on any atom is 0.224 e. The number of carbonyl (C=O) groups is 2. The van der Waals surface area contributed by atoms with Crippen molar-refractivity contribution in [3.8, 4) is 0 Å². The Bertz CT molecular complexity index is 780. The standard InChI is InChI=1S/C19H20ClFN2O2/c1-13-4-3-5-15(10-13)11-19(25)22-8-9-23(14(2)24)16-6-7-18(21)17(20)12-16/h3-7,10,12H,8-9,11H2,1-2H3,(H,22,25). The highest BCUT2D eigenvalue weighted by Gasteiger charge is 2.13. The zero-order valence-electron chi connectivity index (χ0n) is 14.2. The average molecular weight is 363 g/mol.